The fraction of sp³-hybridized carbons (Fsp3) is 0.143. The van der Waals surface area contributed by atoms with Crippen molar-refractivity contribution in [2.75, 3.05) is 18.1 Å². The van der Waals surface area contributed by atoms with E-state index in [9.17, 15) is 14.7 Å². The minimum absolute atomic E-state index is 0.0857. The van der Waals surface area contributed by atoms with Gasteiger partial charge in [-0.05, 0) is 59.2 Å². The number of aromatic nitrogens is 2. The fourth-order valence-electron chi connectivity index (χ4n) is 5.29. The zero-order chi connectivity index (χ0) is 32.3. The highest BCUT2D eigenvalue weighted by Gasteiger charge is 2.48. The van der Waals surface area contributed by atoms with Crippen LogP contribution in [0.15, 0.2) is 107 Å². The van der Waals surface area contributed by atoms with Crippen molar-refractivity contribution in [3.63, 3.8) is 0 Å². The van der Waals surface area contributed by atoms with Gasteiger partial charge in [-0.3, -0.25) is 14.5 Å². The summed E-state index contributed by atoms with van der Waals surface area (Å²) in [7, 11) is 0. The summed E-state index contributed by atoms with van der Waals surface area (Å²) in [5.74, 6) is 0.106. The van der Waals surface area contributed by atoms with Crippen LogP contribution in [0.25, 0.3) is 5.76 Å². The van der Waals surface area contributed by atoms with Crippen LogP contribution in [-0.4, -0.2) is 40.2 Å². The molecule has 12 heteroatoms. The Morgan fingerprint density at radius 1 is 0.915 bits per heavy atom. The van der Waals surface area contributed by atoms with Crippen LogP contribution in [0.5, 0.6) is 17.2 Å². The average molecular weight is 684 g/mol. The number of hydrogen-bond donors (Lipinski definition) is 1. The maximum absolute atomic E-state index is 13.8. The molecule has 0 aliphatic carbocycles. The first-order valence-electron chi connectivity index (χ1n) is 14.6. The summed E-state index contributed by atoms with van der Waals surface area (Å²) in [6.07, 6.45) is 0. The lowest BCUT2D eigenvalue weighted by Crippen LogP contribution is -2.29. The lowest BCUT2D eigenvalue weighted by molar-refractivity contribution is -0.132. The second kappa shape index (κ2) is 13.5. The summed E-state index contributed by atoms with van der Waals surface area (Å²) in [5, 5.41) is 21.2. The van der Waals surface area contributed by atoms with Crippen LogP contribution in [-0.2, 0) is 21.9 Å². The molecule has 1 atom stereocenters. The van der Waals surface area contributed by atoms with Crippen molar-refractivity contribution in [3.05, 3.63) is 130 Å². The Kier molecular flexibility index (Phi) is 8.84. The Balaban J connectivity index is 1.25. The topological polar surface area (TPSA) is 111 Å². The van der Waals surface area contributed by atoms with Gasteiger partial charge >= 0.3 is 5.91 Å². The Labute approximate surface area is 283 Å². The fourth-order valence-corrected chi connectivity index (χ4v) is 7.24. The summed E-state index contributed by atoms with van der Waals surface area (Å²) < 4.78 is 18.0. The number of benzene rings is 4. The standard InChI is InChI=1S/C35H26ClN3O6S2/c36-25-12-9-22(10-13-25)20-46-35-38-37-34(47-35)39-30(23-7-4-8-26(17-23)45-19-21-5-2-1-3-6-21)29(32(41)33(39)42)31(40)24-11-14-27-28(18-24)44-16-15-43-27/h1-14,17-18,30,40H,15-16,19-20H2/t30-/m0/s1. The molecule has 0 spiro atoms. The molecule has 236 valence electrons. The zero-order valence-electron chi connectivity index (χ0n) is 24.7. The van der Waals surface area contributed by atoms with Gasteiger partial charge in [-0.2, -0.15) is 0 Å². The maximum atomic E-state index is 13.8. The molecule has 47 heavy (non-hydrogen) atoms. The van der Waals surface area contributed by atoms with E-state index >= 15 is 0 Å². The molecule has 2 aliphatic heterocycles. The number of aliphatic hydroxyl groups excluding tert-OH is 1. The van der Waals surface area contributed by atoms with Gasteiger partial charge in [0, 0.05) is 16.3 Å². The van der Waals surface area contributed by atoms with Crippen molar-refractivity contribution in [2.45, 2.75) is 22.7 Å². The van der Waals surface area contributed by atoms with Crippen molar-refractivity contribution in [3.8, 4) is 17.2 Å². The third-order valence-corrected chi connectivity index (χ3v) is 9.94. The minimum Gasteiger partial charge on any atom is -0.507 e. The highest BCUT2D eigenvalue weighted by molar-refractivity contribution is 8.00. The summed E-state index contributed by atoms with van der Waals surface area (Å²) in [6.45, 7) is 1.09. The highest BCUT2D eigenvalue weighted by Crippen LogP contribution is 2.45. The molecule has 1 fully saturated rings. The molecule has 0 unspecified atom stereocenters. The van der Waals surface area contributed by atoms with E-state index in [1.54, 1.807) is 42.5 Å². The first kappa shape index (κ1) is 30.8. The molecule has 3 heterocycles. The van der Waals surface area contributed by atoms with E-state index in [4.69, 9.17) is 25.8 Å². The molecular weight excluding hydrogens is 658 g/mol. The van der Waals surface area contributed by atoms with Gasteiger partial charge in [-0.25, -0.2) is 0 Å². The average Bonchev–Trinajstić information content (AvgIpc) is 3.68. The lowest BCUT2D eigenvalue weighted by atomic mass is 9.95. The molecule has 0 bridgehead atoms. The van der Waals surface area contributed by atoms with Gasteiger partial charge in [0.1, 0.15) is 31.3 Å². The molecule has 1 N–H and O–H groups in total. The molecule has 7 rings (SSSR count). The number of carbonyl (C=O) groups is 2. The number of amides is 1. The van der Waals surface area contributed by atoms with Gasteiger partial charge in [-0.1, -0.05) is 89.3 Å². The van der Waals surface area contributed by atoms with E-state index in [0.717, 1.165) is 11.1 Å². The van der Waals surface area contributed by atoms with Crippen LogP contribution < -0.4 is 19.1 Å². The minimum atomic E-state index is -1.01. The largest absolute Gasteiger partial charge is 0.507 e. The summed E-state index contributed by atoms with van der Waals surface area (Å²) >= 11 is 8.67. The summed E-state index contributed by atoms with van der Waals surface area (Å²) in [5.41, 5.74) is 2.81. The number of halogens is 1. The Bertz CT molecular complexity index is 1980. The van der Waals surface area contributed by atoms with Gasteiger partial charge in [-0.15, -0.1) is 10.2 Å². The number of anilines is 1. The van der Waals surface area contributed by atoms with Gasteiger partial charge in [0.15, 0.2) is 15.8 Å². The maximum Gasteiger partial charge on any atom is 0.301 e. The Hall–Kier alpha value is -4.84. The lowest BCUT2D eigenvalue weighted by Gasteiger charge is -2.23. The molecule has 0 saturated carbocycles. The Morgan fingerprint density at radius 2 is 1.70 bits per heavy atom. The number of rotatable bonds is 9. The number of nitrogens with zero attached hydrogens (tertiary/aromatic N) is 3. The summed E-state index contributed by atoms with van der Waals surface area (Å²) in [4.78, 5) is 28.8. The first-order valence-corrected chi connectivity index (χ1v) is 16.8. The quantitative estimate of drug-likeness (QED) is 0.0556. The smallest absolute Gasteiger partial charge is 0.301 e. The first-order chi connectivity index (χ1) is 22.9. The highest BCUT2D eigenvalue weighted by atomic mass is 35.5. The van der Waals surface area contributed by atoms with Crippen molar-refractivity contribution in [1.82, 2.24) is 10.2 Å². The predicted octanol–water partition coefficient (Wildman–Crippen LogP) is 7.46. The van der Waals surface area contributed by atoms with E-state index in [-0.39, 0.29) is 16.5 Å². The molecule has 0 radical (unpaired) electrons. The van der Waals surface area contributed by atoms with E-state index in [1.165, 1.54) is 28.0 Å². The van der Waals surface area contributed by atoms with Crippen LogP contribution in [0.2, 0.25) is 5.02 Å². The molecule has 1 amide bonds. The molecule has 5 aromatic rings. The molecule has 1 aromatic heterocycles. The predicted molar refractivity (Wildman–Crippen MR) is 180 cm³/mol. The normalized spacial score (nSPS) is 16.8. The van der Waals surface area contributed by atoms with Crippen molar-refractivity contribution in [2.24, 2.45) is 0 Å². The van der Waals surface area contributed by atoms with Crippen molar-refractivity contribution < 1.29 is 28.9 Å². The number of ether oxygens (including phenoxy) is 3. The van der Waals surface area contributed by atoms with Crippen molar-refractivity contribution in [1.29, 1.82) is 0 Å². The molecule has 2 aliphatic rings. The van der Waals surface area contributed by atoms with Crippen LogP contribution in [0.3, 0.4) is 0 Å². The third-order valence-electron chi connectivity index (χ3n) is 7.56. The van der Waals surface area contributed by atoms with Gasteiger partial charge < -0.3 is 19.3 Å². The van der Waals surface area contributed by atoms with E-state index in [2.05, 4.69) is 10.2 Å². The van der Waals surface area contributed by atoms with Crippen LogP contribution in [0, 0.1) is 0 Å². The van der Waals surface area contributed by atoms with Gasteiger partial charge in [0.2, 0.25) is 5.13 Å². The second-order valence-corrected chi connectivity index (χ2v) is 13.3. The zero-order valence-corrected chi connectivity index (χ0v) is 27.1. The number of hydrogen-bond acceptors (Lipinski definition) is 10. The number of ketones is 1. The van der Waals surface area contributed by atoms with Gasteiger partial charge in [0.25, 0.3) is 5.78 Å². The molecule has 4 aromatic carbocycles. The number of Topliss-reactive ketones (excluding diaryl/α,β-unsaturated/α-hetero) is 1. The second-order valence-electron chi connectivity index (χ2n) is 10.6. The molecular formula is C35H26ClN3O6S2. The van der Waals surface area contributed by atoms with Crippen LogP contribution in [0.4, 0.5) is 5.13 Å². The van der Waals surface area contributed by atoms with E-state index in [1.807, 2.05) is 54.6 Å². The van der Waals surface area contributed by atoms with E-state index < -0.39 is 17.7 Å². The molecule has 1 saturated heterocycles. The van der Waals surface area contributed by atoms with Crippen LogP contribution >= 0.6 is 34.7 Å². The van der Waals surface area contributed by atoms with E-state index in [0.29, 0.717) is 63.3 Å². The molecule has 9 nitrogen and oxygen atoms in total. The van der Waals surface area contributed by atoms with Crippen LogP contribution in [0.1, 0.15) is 28.3 Å². The number of fused-ring (bicyclic) bond motifs is 1. The number of thioether (sulfide) groups is 1. The summed E-state index contributed by atoms with van der Waals surface area (Å²) in [6, 6.07) is 28.3. The Morgan fingerprint density at radius 3 is 2.51 bits per heavy atom. The monoisotopic (exact) mass is 683 g/mol. The van der Waals surface area contributed by atoms with Crippen molar-refractivity contribution >= 4 is 57.3 Å². The number of aliphatic hydroxyl groups is 1. The third kappa shape index (κ3) is 6.55. The van der Waals surface area contributed by atoms with Gasteiger partial charge in [0.05, 0.1) is 11.6 Å². The SMILES string of the molecule is O=C1C(=O)N(c2nnc(SCc3ccc(Cl)cc3)s2)[C@@H](c2cccc(OCc3ccccc3)c2)C1=C(O)c1ccc2c(c1)OCCO2. The number of carbonyl (C=O) groups excluding carboxylic acids is 2.